The molecule has 4 rings (SSSR count). The van der Waals surface area contributed by atoms with Crippen LogP contribution in [0.25, 0.3) is 32.8 Å². The average Bonchev–Trinajstić information content (AvgIpc) is 3.19. The van der Waals surface area contributed by atoms with Crippen LogP contribution in [0.5, 0.6) is 5.75 Å². The van der Waals surface area contributed by atoms with Gasteiger partial charge in [-0.15, -0.1) is 11.3 Å². The summed E-state index contributed by atoms with van der Waals surface area (Å²) in [6.45, 7) is 0. The second kappa shape index (κ2) is 7.72. The average molecular weight is 411 g/mol. The minimum Gasteiger partial charge on any atom is -0.497 e. The SMILES string of the molecule is COc1ccc(-c2csc(-c3ccccn3)c2-c2ccc(C(F)(F)F)cc2)cc1. The van der Waals surface area contributed by atoms with E-state index in [9.17, 15) is 13.2 Å². The van der Waals surface area contributed by atoms with E-state index in [1.807, 2.05) is 47.8 Å². The Balaban J connectivity index is 1.88. The van der Waals surface area contributed by atoms with Gasteiger partial charge in [-0.05, 0) is 52.9 Å². The van der Waals surface area contributed by atoms with Crippen LogP contribution >= 0.6 is 11.3 Å². The van der Waals surface area contributed by atoms with Crippen LogP contribution in [0.3, 0.4) is 0 Å². The molecule has 0 amide bonds. The monoisotopic (exact) mass is 411 g/mol. The highest BCUT2D eigenvalue weighted by Crippen LogP contribution is 2.45. The van der Waals surface area contributed by atoms with Gasteiger partial charge in [-0.3, -0.25) is 4.98 Å². The summed E-state index contributed by atoms with van der Waals surface area (Å²) < 4.78 is 44.2. The van der Waals surface area contributed by atoms with Crippen LogP contribution in [0.2, 0.25) is 0 Å². The van der Waals surface area contributed by atoms with E-state index < -0.39 is 11.7 Å². The second-order valence-corrected chi connectivity index (χ2v) is 7.25. The highest BCUT2D eigenvalue weighted by molar-refractivity contribution is 7.14. The van der Waals surface area contributed by atoms with Crippen LogP contribution in [0.1, 0.15) is 5.56 Å². The van der Waals surface area contributed by atoms with Crippen molar-refractivity contribution >= 4 is 11.3 Å². The number of pyridine rings is 1. The molecule has 6 heteroatoms. The standard InChI is InChI=1S/C23H16F3NOS/c1-28-18-11-7-15(8-12-18)19-14-29-22(20-4-2-3-13-27-20)21(19)16-5-9-17(10-6-16)23(24,25)26/h2-14H,1H3. The third-order valence-electron chi connectivity index (χ3n) is 4.59. The van der Waals surface area contributed by atoms with Crippen molar-refractivity contribution in [3.8, 4) is 38.6 Å². The number of rotatable bonds is 4. The van der Waals surface area contributed by atoms with E-state index in [1.165, 1.54) is 23.5 Å². The number of alkyl halides is 3. The zero-order chi connectivity index (χ0) is 20.4. The molecule has 2 nitrogen and oxygen atoms in total. The quantitative estimate of drug-likeness (QED) is 0.355. The van der Waals surface area contributed by atoms with Crippen molar-refractivity contribution in [3.05, 3.63) is 83.9 Å². The summed E-state index contributed by atoms with van der Waals surface area (Å²) in [4.78, 5) is 5.35. The van der Waals surface area contributed by atoms with E-state index in [-0.39, 0.29) is 0 Å². The predicted octanol–water partition coefficient (Wildman–Crippen LogP) is 7.17. The first kappa shape index (κ1) is 19.2. The molecule has 4 aromatic rings. The summed E-state index contributed by atoms with van der Waals surface area (Å²) in [6.07, 6.45) is -2.66. The van der Waals surface area contributed by atoms with Gasteiger partial charge in [0, 0.05) is 17.3 Å². The fraction of sp³-hybridized carbons (Fsp3) is 0.0870. The lowest BCUT2D eigenvalue weighted by Gasteiger charge is -2.11. The maximum atomic E-state index is 13.0. The molecule has 0 atom stereocenters. The summed E-state index contributed by atoms with van der Waals surface area (Å²) in [5.74, 6) is 0.741. The van der Waals surface area contributed by atoms with Crippen molar-refractivity contribution in [1.82, 2.24) is 4.98 Å². The Hall–Kier alpha value is -3.12. The first-order chi connectivity index (χ1) is 14.0. The fourth-order valence-corrected chi connectivity index (χ4v) is 4.22. The van der Waals surface area contributed by atoms with Gasteiger partial charge < -0.3 is 4.74 Å². The Morgan fingerprint density at radius 2 is 1.55 bits per heavy atom. The number of hydrogen-bond donors (Lipinski definition) is 0. The number of nitrogens with zero attached hydrogens (tertiary/aromatic N) is 1. The highest BCUT2D eigenvalue weighted by Gasteiger charge is 2.30. The van der Waals surface area contributed by atoms with Gasteiger partial charge in [0.05, 0.1) is 23.2 Å². The Labute approximate surface area is 170 Å². The Morgan fingerprint density at radius 1 is 0.862 bits per heavy atom. The van der Waals surface area contributed by atoms with Gasteiger partial charge >= 0.3 is 6.18 Å². The summed E-state index contributed by atoms with van der Waals surface area (Å²) in [5, 5.41) is 2.01. The third-order valence-corrected chi connectivity index (χ3v) is 5.59. The van der Waals surface area contributed by atoms with Gasteiger partial charge in [0.1, 0.15) is 5.75 Å². The lowest BCUT2D eigenvalue weighted by Crippen LogP contribution is -2.04. The Kier molecular flexibility index (Phi) is 5.11. The number of methoxy groups -OCH3 is 1. The maximum absolute atomic E-state index is 13.0. The molecule has 2 aromatic heterocycles. The summed E-state index contributed by atoms with van der Waals surface area (Å²) in [7, 11) is 1.60. The topological polar surface area (TPSA) is 22.1 Å². The maximum Gasteiger partial charge on any atom is 0.416 e. The van der Waals surface area contributed by atoms with Crippen LogP contribution < -0.4 is 4.74 Å². The summed E-state index contributed by atoms with van der Waals surface area (Å²) in [6, 6.07) is 18.5. The number of halogens is 3. The van der Waals surface area contributed by atoms with Crippen molar-refractivity contribution in [1.29, 1.82) is 0 Å². The molecule has 2 heterocycles. The van der Waals surface area contributed by atoms with Gasteiger partial charge in [0.2, 0.25) is 0 Å². The molecule has 0 unspecified atom stereocenters. The Morgan fingerprint density at radius 3 is 2.14 bits per heavy atom. The zero-order valence-corrected chi connectivity index (χ0v) is 16.2. The molecule has 0 aliphatic heterocycles. The number of aromatic nitrogens is 1. The lowest BCUT2D eigenvalue weighted by atomic mass is 9.95. The first-order valence-electron chi connectivity index (χ1n) is 8.82. The van der Waals surface area contributed by atoms with Gasteiger partial charge in [0.15, 0.2) is 0 Å². The number of benzene rings is 2. The molecule has 0 aliphatic rings. The van der Waals surface area contributed by atoms with Crippen LogP contribution in [-0.4, -0.2) is 12.1 Å². The number of hydrogen-bond acceptors (Lipinski definition) is 3. The van der Waals surface area contributed by atoms with E-state index in [2.05, 4.69) is 4.98 Å². The minimum absolute atomic E-state index is 0.665. The first-order valence-corrected chi connectivity index (χ1v) is 9.70. The van der Waals surface area contributed by atoms with Crippen molar-refractivity contribution in [2.75, 3.05) is 7.11 Å². The Bertz CT molecular complexity index is 1100. The third kappa shape index (κ3) is 3.89. The van der Waals surface area contributed by atoms with Crippen molar-refractivity contribution in [3.63, 3.8) is 0 Å². The molecule has 0 spiro atoms. The molecule has 0 saturated carbocycles. The molecule has 0 aliphatic carbocycles. The minimum atomic E-state index is -4.37. The molecule has 29 heavy (non-hydrogen) atoms. The summed E-state index contributed by atoms with van der Waals surface area (Å²) >= 11 is 1.52. The second-order valence-electron chi connectivity index (χ2n) is 6.37. The highest BCUT2D eigenvalue weighted by atomic mass is 32.1. The van der Waals surface area contributed by atoms with Crippen LogP contribution in [0.4, 0.5) is 13.2 Å². The van der Waals surface area contributed by atoms with Crippen molar-refractivity contribution in [2.45, 2.75) is 6.18 Å². The predicted molar refractivity (Wildman–Crippen MR) is 110 cm³/mol. The molecule has 146 valence electrons. The van der Waals surface area contributed by atoms with Crippen LogP contribution in [0.15, 0.2) is 78.3 Å². The van der Waals surface area contributed by atoms with E-state index in [0.29, 0.717) is 5.56 Å². The smallest absolute Gasteiger partial charge is 0.416 e. The van der Waals surface area contributed by atoms with Crippen LogP contribution in [0, 0.1) is 0 Å². The van der Waals surface area contributed by atoms with E-state index in [1.54, 1.807) is 13.3 Å². The molecule has 0 radical (unpaired) electrons. The molecule has 0 N–H and O–H groups in total. The fourth-order valence-electron chi connectivity index (χ4n) is 3.14. The molecular formula is C23H16F3NOS. The molecule has 2 aromatic carbocycles. The van der Waals surface area contributed by atoms with Crippen molar-refractivity contribution < 1.29 is 17.9 Å². The van der Waals surface area contributed by atoms with Crippen LogP contribution in [-0.2, 0) is 6.18 Å². The van der Waals surface area contributed by atoms with E-state index >= 15 is 0 Å². The lowest BCUT2D eigenvalue weighted by molar-refractivity contribution is -0.137. The molecule has 0 saturated heterocycles. The normalized spacial score (nSPS) is 11.4. The van der Waals surface area contributed by atoms with Crippen molar-refractivity contribution in [2.24, 2.45) is 0 Å². The van der Waals surface area contributed by atoms with Gasteiger partial charge in [-0.25, -0.2) is 0 Å². The largest absolute Gasteiger partial charge is 0.497 e. The number of ether oxygens (including phenoxy) is 1. The van der Waals surface area contributed by atoms with E-state index in [4.69, 9.17) is 4.74 Å². The molecule has 0 fully saturated rings. The summed E-state index contributed by atoms with van der Waals surface area (Å²) in [5.41, 5.74) is 3.60. The number of thiophene rings is 1. The van der Waals surface area contributed by atoms with E-state index in [0.717, 1.165) is 45.1 Å². The van der Waals surface area contributed by atoms with Gasteiger partial charge in [-0.2, -0.15) is 13.2 Å². The molecular weight excluding hydrogens is 395 g/mol. The zero-order valence-electron chi connectivity index (χ0n) is 15.4. The van der Waals surface area contributed by atoms with Gasteiger partial charge in [-0.1, -0.05) is 30.3 Å². The van der Waals surface area contributed by atoms with Gasteiger partial charge in [0.25, 0.3) is 0 Å². The molecule has 0 bridgehead atoms.